The third-order valence-electron chi connectivity index (χ3n) is 13.0. The maximum absolute atomic E-state index is 12.3. The maximum atomic E-state index is 12.3. The van der Waals surface area contributed by atoms with E-state index in [1.54, 1.807) is 0 Å². The minimum absolute atomic E-state index is 0.244. The molecule has 0 radical (unpaired) electrons. The Balaban J connectivity index is 1.85. The average molecular weight is 649 g/mol. The van der Waals surface area contributed by atoms with Crippen molar-refractivity contribution < 1.29 is 54.7 Å². The Morgan fingerprint density at radius 1 is 0.556 bits per heavy atom. The second-order valence-corrected chi connectivity index (χ2v) is 15.9. The molecular weight excluding hydrogens is 584 g/mol. The molecular formula is C34H64O11. The standard InChI is InChI=1S/C34H64O11/c1-25(22-35)27(3,37)28(4,38)30(6,40)34(10,43-25)45-32(8)26(2,23-36)44-33(9,31(7,41)29(32,5)39)42-21-17-12-11-14-18-24-19-15-13-16-20-24/h24,35-41H,11-23H2,1-10H3/t25?,26?,27-,28-,29?,30?,31+,32-,33-,34-/m1/s1. The van der Waals surface area contributed by atoms with Crippen LogP contribution < -0.4 is 0 Å². The van der Waals surface area contributed by atoms with Crippen molar-refractivity contribution in [2.24, 2.45) is 5.92 Å². The summed E-state index contributed by atoms with van der Waals surface area (Å²) in [5, 5.41) is 80.3. The van der Waals surface area contributed by atoms with Crippen LogP contribution in [-0.2, 0) is 18.9 Å². The topological polar surface area (TPSA) is 179 Å². The zero-order valence-electron chi connectivity index (χ0n) is 29.5. The van der Waals surface area contributed by atoms with E-state index < -0.39 is 69.6 Å². The van der Waals surface area contributed by atoms with Crippen LogP contribution >= 0.6 is 0 Å². The molecule has 3 rings (SSSR count). The van der Waals surface area contributed by atoms with E-state index in [1.165, 1.54) is 114 Å². The fourth-order valence-electron chi connectivity index (χ4n) is 8.00. The number of ether oxygens (including phenoxy) is 4. The van der Waals surface area contributed by atoms with Gasteiger partial charge in [0, 0.05) is 0 Å². The predicted octanol–water partition coefficient (Wildman–Crippen LogP) is 3.06. The first kappa shape index (κ1) is 39.0. The van der Waals surface area contributed by atoms with Crippen molar-refractivity contribution >= 4 is 0 Å². The lowest BCUT2D eigenvalue weighted by Gasteiger charge is -2.70. The van der Waals surface area contributed by atoms with E-state index in [2.05, 4.69) is 0 Å². The molecule has 45 heavy (non-hydrogen) atoms. The largest absolute Gasteiger partial charge is 0.393 e. The first-order valence-electron chi connectivity index (χ1n) is 16.9. The number of aliphatic hydroxyl groups is 7. The lowest BCUT2D eigenvalue weighted by atomic mass is 9.59. The Hall–Kier alpha value is -0.440. The number of hydrogen-bond donors (Lipinski definition) is 7. The van der Waals surface area contributed by atoms with Crippen LogP contribution in [-0.4, -0.2) is 112 Å². The van der Waals surface area contributed by atoms with E-state index in [0.29, 0.717) is 0 Å². The summed E-state index contributed by atoms with van der Waals surface area (Å²) in [5.41, 5.74) is -17.0. The number of unbranched alkanes of at least 4 members (excludes halogenated alkanes) is 3. The van der Waals surface area contributed by atoms with Crippen molar-refractivity contribution in [3.8, 4) is 0 Å². The van der Waals surface area contributed by atoms with Gasteiger partial charge in [-0.2, -0.15) is 0 Å². The van der Waals surface area contributed by atoms with E-state index in [-0.39, 0.29) is 6.61 Å². The van der Waals surface area contributed by atoms with Crippen LogP contribution in [0.2, 0.25) is 0 Å². The van der Waals surface area contributed by atoms with Crippen molar-refractivity contribution in [2.75, 3.05) is 19.8 Å². The van der Waals surface area contributed by atoms with Gasteiger partial charge in [-0.1, -0.05) is 57.8 Å². The highest BCUT2D eigenvalue weighted by molar-refractivity contribution is 5.26. The van der Waals surface area contributed by atoms with E-state index in [1.807, 2.05) is 0 Å². The molecule has 2 aliphatic heterocycles. The van der Waals surface area contributed by atoms with Crippen LogP contribution in [0.5, 0.6) is 0 Å². The fraction of sp³-hybridized carbons (Fsp3) is 1.00. The third-order valence-corrected chi connectivity index (χ3v) is 13.0. The van der Waals surface area contributed by atoms with E-state index in [0.717, 1.165) is 25.2 Å². The second-order valence-electron chi connectivity index (χ2n) is 15.9. The van der Waals surface area contributed by atoms with Crippen LogP contribution in [0, 0.1) is 5.92 Å². The highest BCUT2D eigenvalue weighted by Gasteiger charge is 2.80. The van der Waals surface area contributed by atoms with E-state index in [9.17, 15) is 35.7 Å². The Bertz CT molecular complexity index is 1020. The zero-order chi connectivity index (χ0) is 34.6. The molecule has 0 spiro atoms. The highest BCUT2D eigenvalue weighted by atomic mass is 16.8. The normalized spacial score (nSPS) is 51.4. The van der Waals surface area contributed by atoms with Gasteiger partial charge in [-0.3, -0.25) is 0 Å². The van der Waals surface area contributed by atoms with Crippen molar-refractivity contribution in [1.82, 2.24) is 0 Å². The van der Waals surface area contributed by atoms with Crippen molar-refractivity contribution in [3.05, 3.63) is 0 Å². The van der Waals surface area contributed by atoms with Crippen molar-refractivity contribution in [2.45, 2.75) is 190 Å². The molecule has 2 saturated heterocycles. The molecule has 11 heteroatoms. The summed E-state index contributed by atoms with van der Waals surface area (Å²) >= 11 is 0. The molecule has 4 unspecified atom stereocenters. The molecule has 7 N–H and O–H groups in total. The molecule has 0 aromatic carbocycles. The van der Waals surface area contributed by atoms with Gasteiger partial charge >= 0.3 is 0 Å². The first-order chi connectivity index (χ1) is 20.3. The van der Waals surface area contributed by atoms with Crippen LogP contribution in [0.4, 0.5) is 0 Å². The van der Waals surface area contributed by atoms with Gasteiger partial charge < -0.3 is 54.7 Å². The predicted molar refractivity (Wildman–Crippen MR) is 168 cm³/mol. The molecule has 10 atom stereocenters. The minimum atomic E-state index is -2.38. The summed E-state index contributed by atoms with van der Waals surface area (Å²) in [6.45, 7) is 12.2. The summed E-state index contributed by atoms with van der Waals surface area (Å²) in [5.74, 6) is -3.21. The fourth-order valence-corrected chi connectivity index (χ4v) is 8.00. The number of rotatable bonds is 12. The van der Waals surface area contributed by atoms with Gasteiger partial charge in [-0.05, 0) is 81.6 Å². The van der Waals surface area contributed by atoms with Gasteiger partial charge in [-0.25, -0.2) is 0 Å². The van der Waals surface area contributed by atoms with Crippen LogP contribution in [0.15, 0.2) is 0 Å². The van der Waals surface area contributed by atoms with Crippen LogP contribution in [0.3, 0.4) is 0 Å². The number of aliphatic hydroxyl groups excluding tert-OH is 2. The van der Waals surface area contributed by atoms with Crippen LogP contribution in [0.25, 0.3) is 0 Å². The molecule has 0 bridgehead atoms. The van der Waals surface area contributed by atoms with E-state index in [4.69, 9.17) is 18.9 Å². The molecule has 2 heterocycles. The highest BCUT2D eigenvalue weighted by Crippen LogP contribution is 2.60. The monoisotopic (exact) mass is 648 g/mol. The lowest BCUT2D eigenvalue weighted by molar-refractivity contribution is -0.519. The first-order valence-corrected chi connectivity index (χ1v) is 16.9. The quantitative estimate of drug-likeness (QED) is 0.155. The van der Waals surface area contributed by atoms with Crippen molar-refractivity contribution in [3.63, 3.8) is 0 Å². The third kappa shape index (κ3) is 5.73. The molecule has 3 fully saturated rings. The average Bonchev–Trinajstić information content (AvgIpc) is 2.95. The Labute approximate surface area is 270 Å². The molecule has 11 nitrogen and oxygen atoms in total. The maximum Gasteiger partial charge on any atom is 0.198 e. The second kappa shape index (κ2) is 12.5. The SMILES string of the molecule is CC1(CO)O[C@@](C)(OCCCCCCC2CCCCC2)[C@@](C)(O)C(C)(O)[C@]1(C)O[C@@]1(C)OC(C)(CO)[C@@](C)(O)[C@@](C)(O)C1(C)O. The van der Waals surface area contributed by atoms with Gasteiger partial charge in [0.05, 0.1) is 19.8 Å². The number of hydrogen-bond acceptors (Lipinski definition) is 11. The Morgan fingerprint density at radius 2 is 1.04 bits per heavy atom. The molecule has 1 saturated carbocycles. The zero-order valence-corrected chi connectivity index (χ0v) is 29.5. The smallest absolute Gasteiger partial charge is 0.198 e. The van der Waals surface area contributed by atoms with Gasteiger partial charge in [-0.15, -0.1) is 0 Å². The van der Waals surface area contributed by atoms with Gasteiger partial charge in [0.1, 0.15) is 44.8 Å². The van der Waals surface area contributed by atoms with Gasteiger partial charge in [0.15, 0.2) is 11.6 Å². The molecule has 0 amide bonds. The molecule has 0 aromatic heterocycles. The molecule has 266 valence electrons. The lowest BCUT2D eigenvalue weighted by Crippen LogP contribution is -2.89. The Kier molecular flexibility index (Phi) is 10.8. The molecule has 3 aliphatic rings. The minimum Gasteiger partial charge on any atom is -0.393 e. The summed E-state index contributed by atoms with van der Waals surface area (Å²) in [7, 11) is 0. The van der Waals surface area contributed by atoms with E-state index >= 15 is 0 Å². The summed E-state index contributed by atoms with van der Waals surface area (Å²) in [4.78, 5) is 0. The van der Waals surface area contributed by atoms with Gasteiger partial charge in [0.2, 0.25) is 0 Å². The molecule has 0 aromatic rings. The van der Waals surface area contributed by atoms with Gasteiger partial charge in [0.25, 0.3) is 0 Å². The summed E-state index contributed by atoms with van der Waals surface area (Å²) in [6, 6.07) is 0. The summed E-state index contributed by atoms with van der Waals surface area (Å²) in [6.07, 6.45) is 11.9. The molecule has 1 aliphatic carbocycles. The van der Waals surface area contributed by atoms with Crippen molar-refractivity contribution in [1.29, 1.82) is 0 Å². The Morgan fingerprint density at radius 3 is 1.58 bits per heavy atom. The summed E-state index contributed by atoms with van der Waals surface area (Å²) < 4.78 is 25.3. The van der Waals surface area contributed by atoms with Crippen LogP contribution in [0.1, 0.15) is 133 Å².